The number of benzene rings is 3. The normalized spacial score (nSPS) is 12.3. The molecule has 0 aliphatic heterocycles. The Labute approximate surface area is 206 Å². The molecule has 0 fully saturated rings. The van der Waals surface area contributed by atoms with E-state index in [-0.39, 0.29) is 22.6 Å². The molecule has 3 heteroatoms. The van der Waals surface area contributed by atoms with Crippen LogP contribution in [0.1, 0.15) is 55.4 Å². The second-order valence-corrected chi connectivity index (χ2v) is 16.9. The van der Waals surface area contributed by atoms with Crippen LogP contribution >= 0.6 is 15.8 Å². The van der Waals surface area contributed by atoms with Crippen molar-refractivity contribution in [2.75, 3.05) is 0 Å². The third kappa shape index (κ3) is 5.99. The summed E-state index contributed by atoms with van der Waals surface area (Å²) >= 11 is 0. The van der Waals surface area contributed by atoms with Gasteiger partial charge in [0, 0.05) is 0 Å². The number of rotatable bonds is 9. The maximum absolute atomic E-state index is 2.42. The van der Waals surface area contributed by atoms with E-state index < -0.39 is 0 Å². The highest BCUT2D eigenvalue weighted by Crippen LogP contribution is 2.45. The van der Waals surface area contributed by atoms with E-state index >= 15 is 0 Å². The van der Waals surface area contributed by atoms with E-state index in [1.54, 1.807) is 10.6 Å². The highest BCUT2D eigenvalue weighted by molar-refractivity contribution is 7.68. The van der Waals surface area contributed by atoms with Crippen molar-refractivity contribution in [2.45, 2.75) is 78.0 Å². The van der Waals surface area contributed by atoms with Gasteiger partial charge in [-0.05, 0) is 29.3 Å². The molecule has 0 heterocycles. The number of hydrogen-bond acceptors (Lipinski definition) is 0. The monoisotopic (exact) mass is 474 g/mol. The fraction of sp³-hybridized carbons (Fsp3) is 0.400. The van der Waals surface area contributed by atoms with Gasteiger partial charge in [0.05, 0.1) is 0 Å². The molecule has 0 aliphatic rings. The molecule has 0 N–H and O–H groups in total. The zero-order valence-corrected chi connectivity index (χ0v) is 23.6. The molecule has 0 aliphatic carbocycles. The molecule has 0 saturated heterocycles. The topological polar surface area (TPSA) is 0 Å². The molecule has 0 bridgehead atoms. The molecule has 0 unspecified atom stereocenters. The Morgan fingerprint density at radius 3 is 1.15 bits per heavy atom. The van der Waals surface area contributed by atoms with E-state index in [2.05, 4.69) is 134 Å². The average molecular weight is 474 g/mol. The Hall–Kier alpha value is -1.42. The van der Waals surface area contributed by atoms with Gasteiger partial charge < -0.3 is 0 Å². The molecule has 0 nitrogen and oxygen atoms in total. The first-order valence-corrected chi connectivity index (χ1v) is 15.5. The fourth-order valence-corrected chi connectivity index (χ4v) is 11.5. The first-order valence-electron chi connectivity index (χ1n) is 12.5. The summed E-state index contributed by atoms with van der Waals surface area (Å²) in [7, 11) is -0.505. The van der Waals surface area contributed by atoms with Crippen LogP contribution < -0.4 is 27.0 Å². The molecule has 175 valence electrons. The molecule has 3 aromatic carbocycles. The van der Waals surface area contributed by atoms with Gasteiger partial charge in [0.15, 0.2) is 0 Å². The highest BCUT2D eigenvalue weighted by atomic mass is 31.1. The van der Waals surface area contributed by atoms with Crippen molar-refractivity contribution in [2.24, 2.45) is 0 Å². The van der Waals surface area contributed by atoms with Gasteiger partial charge in [0.2, 0.25) is 0 Å². The first-order chi connectivity index (χ1) is 15.7. The number of hydrogen-bond donors (Lipinski definition) is 0. The molecule has 3 aromatic rings. The van der Waals surface area contributed by atoms with Crippen molar-refractivity contribution in [3.05, 3.63) is 78.9 Å². The summed E-state index contributed by atoms with van der Waals surface area (Å²) < 4.78 is 0. The van der Waals surface area contributed by atoms with Gasteiger partial charge in [-0.1, -0.05) is 161 Å². The molecule has 0 amide bonds. The average Bonchev–Trinajstić information content (AvgIpc) is 2.76. The summed E-state index contributed by atoms with van der Waals surface area (Å²) in [6, 6.07) is 29.9. The van der Waals surface area contributed by atoms with Gasteiger partial charge in [-0.15, -0.1) is 0 Å². The van der Waals surface area contributed by atoms with E-state index in [0.29, 0.717) is 22.6 Å². The summed E-state index contributed by atoms with van der Waals surface area (Å²) in [4.78, 5) is 0. The van der Waals surface area contributed by atoms with Crippen LogP contribution in [0.2, 0.25) is 0 Å². The van der Waals surface area contributed by atoms with Crippen molar-refractivity contribution in [3.8, 4) is 0 Å². The smallest absolute Gasteiger partial charge is 0.0225 e. The van der Waals surface area contributed by atoms with Crippen LogP contribution in [0.25, 0.3) is 0 Å². The Balaban J connectivity index is 2.32. The zero-order chi connectivity index (χ0) is 24.1. The lowest BCUT2D eigenvalue weighted by Crippen LogP contribution is -2.60. The molecule has 0 spiro atoms. The molecular formula is C30H41BP2-. The lowest BCUT2D eigenvalue weighted by molar-refractivity contribution is 1.02. The van der Waals surface area contributed by atoms with E-state index in [4.69, 9.17) is 0 Å². The molecule has 1 radical (unpaired) electrons. The van der Waals surface area contributed by atoms with Crippen LogP contribution in [0.15, 0.2) is 78.9 Å². The highest BCUT2D eigenvalue weighted by Gasteiger charge is 2.25. The van der Waals surface area contributed by atoms with Gasteiger partial charge in [0.25, 0.3) is 0 Å². The van der Waals surface area contributed by atoms with Crippen LogP contribution in [-0.4, -0.2) is 29.3 Å². The Bertz CT molecular complexity index is 931. The predicted molar refractivity (Wildman–Crippen MR) is 158 cm³/mol. The third-order valence-corrected chi connectivity index (χ3v) is 12.8. The Kier molecular flexibility index (Phi) is 9.38. The quantitative estimate of drug-likeness (QED) is 0.262. The van der Waals surface area contributed by atoms with Crippen LogP contribution in [0, 0.1) is 0 Å². The minimum atomic E-state index is -0.252. The second-order valence-electron chi connectivity index (χ2n) is 10.2. The molecule has 33 heavy (non-hydrogen) atoms. The minimum absolute atomic E-state index is 0.252. The van der Waals surface area contributed by atoms with Crippen molar-refractivity contribution in [3.63, 3.8) is 0 Å². The lowest BCUT2D eigenvalue weighted by Gasteiger charge is -2.41. The van der Waals surface area contributed by atoms with Crippen molar-refractivity contribution >= 4 is 49.6 Å². The standard InChI is InChI=1S/C30H41BP2/c1-22(2)32(23(3)4)29-20-14-12-18-27(29)31(26-16-10-9-11-17-26)28-19-13-15-21-30(28)33(24(5)6)25(7)8/h9-25H,1-8H3/q-1. The Morgan fingerprint density at radius 1 is 0.455 bits per heavy atom. The molecule has 0 saturated carbocycles. The summed E-state index contributed by atoms with van der Waals surface area (Å²) in [5.41, 5.74) is 7.07. The lowest BCUT2D eigenvalue weighted by atomic mass is 9.37. The van der Waals surface area contributed by atoms with Gasteiger partial charge in [0.1, 0.15) is 0 Å². The van der Waals surface area contributed by atoms with E-state index in [1.165, 1.54) is 16.4 Å². The molecule has 0 atom stereocenters. The predicted octanol–water partition coefficient (Wildman–Crippen LogP) is 6.05. The van der Waals surface area contributed by atoms with Gasteiger partial charge in [-0.25, -0.2) is 16.4 Å². The van der Waals surface area contributed by atoms with E-state index in [1.807, 2.05) is 0 Å². The van der Waals surface area contributed by atoms with Crippen LogP contribution in [0.5, 0.6) is 0 Å². The summed E-state index contributed by atoms with van der Waals surface area (Å²) in [6.45, 7) is 19.5. The summed E-state index contributed by atoms with van der Waals surface area (Å²) in [5, 5.41) is 3.17. The van der Waals surface area contributed by atoms with Crippen molar-refractivity contribution in [1.29, 1.82) is 0 Å². The fourth-order valence-electron chi connectivity index (χ4n) is 5.41. The van der Waals surface area contributed by atoms with Gasteiger partial charge in [-0.2, -0.15) is 0 Å². The Morgan fingerprint density at radius 2 is 0.788 bits per heavy atom. The van der Waals surface area contributed by atoms with Gasteiger partial charge in [-0.3, -0.25) is 0 Å². The minimum Gasteiger partial charge on any atom is -0.233 e. The largest absolute Gasteiger partial charge is 0.233 e. The SMILES string of the molecule is CC(C)P(c1ccccc1[B-](c1ccccc1)c1ccccc1P(C(C)C)C(C)C)C(C)C. The summed E-state index contributed by atoms with van der Waals surface area (Å²) in [6.07, 6.45) is 0. The third-order valence-electron chi connectivity index (χ3n) is 6.41. The molecule has 0 aromatic heterocycles. The van der Waals surface area contributed by atoms with Crippen LogP contribution in [-0.2, 0) is 0 Å². The van der Waals surface area contributed by atoms with E-state index in [0.717, 1.165) is 0 Å². The van der Waals surface area contributed by atoms with Crippen LogP contribution in [0.4, 0.5) is 0 Å². The molecule has 3 rings (SSSR count). The zero-order valence-electron chi connectivity index (χ0n) is 21.8. The van der Waals surface area contributed by atoms with Gasteiger partial charge >= 0.3 is 0 Å². The second kappa shape index (κ2) is 11.8. The first kappa shape index (κ1) is 26.2. The van der Waals surface area contributed by atoms with Crippen molar-refractivity contribution < 1.29 is 0 Å². The molecular weight excluding hydrogens is 433 g/mol. The summed E-state index contributed by atoms with van der Waals surface area (Å²) in [5.74, 6) is 0. The van der Waals surface area contributed by atoms with E-state index in [9.17, 15) is 0 Å². The maximum Gasteiger partial charge on any atom is -0.0225 e. The van der Waals surface area contributed by atoms with Crippen molar-refractivity contribution in [1.82, 2.24) is 0 Å². The maximum atomic E-state index is 2.42. The van der Waals surface area contributed by atoms with Crippen LogP contribution in [0.3, 0.4) is 0 Å².